The van der Waals surface area contributed by atoms with Crippen LogP contribution in [0.25, 0.3) is 10.9 Å². The highest BCUT2D eigenvalue weighted by Crippen LogP contribution is 2.37. The van der Waals surface area contributed by atoms with Crippen LogP contribution >= 0.6 is 0 Å². The van der Waals surface area contributed by atoms with Crippen molar-refractivity contribution in [2.75, 3.05) is 20.1 Å². The predicted molar refractivity (Wildman–Crippen MR) is 105 cm³/mol. The molecular weight excluding hydrogens is 342 g/mol. The monoisotopic (exact) mass is 369 g/mol. The lowest BCUT2D eigenvalue weighted by atomic mass is 9.88. The number of rotatable bonds is 4. The smallest absolute Gasteiger partial charge is 0.335 e. The number of likely N-dealkylation sites (tertiary alicyclic amines) is 1. The van der Waals surface area contributed by atoms with Gasteiger partial charge in [0.1, 0.15) is 0 Å². The number of hydrogen-bond donors (Lipinski definition) is 1. The highest BCUT2D eigenvalue weighted by molar-refractivity contribution is 5.91. The van der Waals surface area contributed by atoms with Crippen LogP contribution < -0.4 is 0 Å². The van der Waals surface area contributed by atoms with Gasteiger partial charge in [-0.25, -0.2) is 4.79 Å². The van der Waals surface area contributed by atoms with Crippen LogP contribution in [0.15, 0.2) is 35.6 Å². The number of aryl methyl sites for hydroxylation is 1. The number of H-pyrrole nitrogens is 1. The number of nitrogens with zero attached hydrogens (tertiary/aromatic N) is 2. The van der Waals surface area contributed by atoms with E-state index in [1.165, 1.54) is 0 Å². The molecular formula is C21H27N3O3. The van der Waals surface area contributed by atoms with E-state index in [4.69, 9.17) is 9.57 Å². The summed E-state index contributed by atoms with van der Waals surface area (Å²) in [4.78, 5) is 22.9. The highest BCUT2D eigenvalue weighted by atomic mass is 16.7. The average molecular weight is 369 g/mol. The summed E-state index contributed by atoms with van der Waals surface area (Å²) in [6.07, 6.45) is 5.58. The Balaban J connectivity index is 1.32. The van der Waals surface area contributed by atoms with Crippen LogP contribution in [0.3, 0.4) is 0 Å². The minimum Gasteiger partial charge on any atom is -0.365 e. The van der Waals surface area contributed by atoms with Gasteiger partial charge in [-0.3, -0.25) is 0 Å². The molecule has 0 saturated carbocycles. The quantitative estimate of drug-likeness (QED) is 0.663. The molecule has 1 aromatic heterocycles. The second-order valence-electron chi connectivity index (χ2n) is 7.83. The largest absolute Gasteiger partial charge is 0.365 e. The SMILES string of the molecule is CC1OC2(CCN(C)CC2)CC1=NOC(=O)CCc1c[nH]c2ccccc12. The van der Waals surface area contributed by atoms with E-state index in [9.17, 15) is 4.79 Å². The second kappa shape index (κ2) is 7.44. The molecule has 0 bridgehead atoms. The van der Waals surface area contributed by atoms with Gasteiger partial charge in [-0.05, 0) is 44.9 Å². The minimum absolute atomic E-state index is 0.0881. The summed E-state index contributed by atoms with van der Waals surface area (Å²) in [5.74, 6) is -0.302. The van der Waals surface area contributed by atoms with E-state index in [2.05, 4.69) is 28.2 Å². The molecule has 0 radical (unpaired) electrons. The predicted octanol–water partition coefficient (Wildman–Crippen LogP) is 3.27. The minimum atomic E-state index is -0.302. The zero-order valence-electron chi connectivity index (χ0n) is 16.0. The van der Waals surface area contributed by atoms with Crippen molar-refractivity contribution in [1.29, 1.82) is 0 Å². The van der Waals surface area contributed by atoms with Crippen molar-refractivity contribution in [3.05, 3.63) is 36.0 Å². The normalized spacial score (nSPS) is 24.1. The zero-order valence-corrected chi connectivity index (χ0v) is 16.0. The molecule has 2 aliphatic heterocycles. The molecule has 0 amide bonds. The molecule has 4 rings (SSSR count). The third-order valence-electron chi connectivity index (χ3n) is 5.84. The Bertz CT molecular complexity index is 849. The first-order chi connectivity index (χ1) is 13.0. The van der Waals surface area contributed by atoms with E-state index in [-0.39, 0.29) is 17.7 Å². The van der Waals surface area contributed by atoms with Crippen LogP contribution in [0.5, 0.6) is 0 Å². The second-order valence-corrected chi connectivity index (χ2v) is 7.83. The fourth-order valence-electron chi connectivity index (χ4n) is 4.12. The summed E-state index contributed by atoms with van der Waals surface area (Å²) < 4.78 is 6.20. The Morgan fingerprint density at radius 1 is 1.37 bits per heavy atom. The van der Waals surface area contributed by atoms with Crippen molar-refractivity contribution >= 4 is 22.6 Å². The number of nitrogens with one attached hydrogen (secondary N) is 1. The number of hydrogen-bond acceptors (Lipinski definition) is 5. The molecule has 1 unspecified atom stereocenters. The van der Waals surface area contributed by atoms with Gasteiger partial charge >= 0.3 is 5.97 Å². The summed E-state index contributed by atoms with van der Waals surface area (Å²) in [7, 11) is 2.13. The molecule has 1 N–H and O–H groups in total. The van der Waals surface area contributed by atoms with Gasteiger partial charge in [0, 0.05) is 36.6 Å². The summed E-state index contributed by atoms with van der Waals surface area (Å²) in [6, 6.07) is 8.09. The van der Waals surface area contributed by atoms with Gasteiger partial charge < -0.3 is 19.5 Å². The number of aromatic amines is 1. The van der Waals surface area contributed by atoms with E-state index < -0.39 is 0 Å². The maximum absolute atomic E-state index is 12.2. The summed E-state index contributed by atoms with van der Waals surface area (Å²) >= 11 is 0. The third-order valence-corrected chi connectivity index (χ3v) is 5.84. The first kappa shape index (κ1) is 18.2. The molecule has 2 aliphatic rings. The van der Waals surface area contributed by atoms with Crippen molar-refractivity contribution in [3.8, 4) is 0 Å². The van der Waals surface area contributed by atoms with Gasteiger partial charge in [-0.15, -0.1) is 0 Å². The standard InChI is InChI=1S/C21H27N3O3/c1-15-19(13-21(26-15)9-11-24(2)12-10-21)23-27-20(25)8-7-16-14-22-18-6-4-3-5-17(16)18/h3-6,14-15,22H,7-13H2,1-2H3. The van der Waals surface area contributed by atoms with Gasteiger partial charge in [-0.2, -0.15) is 0 Å². The van der Waals surface area contributed by atoms with Crippen LogP contribution in [0.2, 0.25) is 0 Å². The molecule has 1 atom stereocenters. The summed E-state index contributed by atoms with van der Waals surface area (Å²) in [5, 5.41) is 5.31. The lowest BCUT2D eigenvalue weighted by Crippen LogP contribution is -2.42. The van der Waals surface area contributed by atoms with E-state index in [1.807, 2.05) is 31.3 Å². The van der Waals surface area contributed by atoms with Crippen LogP contribution in [0, 0.1) is 0 Å². The van der Waals surface area contributed by atoms with E-state index in [0.29, 0.717) is 12.8 Å². The Kier molecular flexibility index (Phi) is 5.02. The molecule has 144 valence electrons. The van der Waals surface area contributed by atoms with Gasteiger partial charge in [0.15, 0.2) is 0 Å². The Morgan fingerprint density at radius 3 is 2.96 bits per heavy atom. The van der Waals surface area contributed by atoms with Crippen LogP contribution in [-0.4, -0.2) is 53.4 Å². The van der Waals surface area contributed by atoms with E-state index in [1.54, 1.807) is 0 Å². The maximum atomic E-state index is 12.2. The topological polar surface area (TPSA) is 66.9 Å². The van der Waals surface area contributed by atoms with Gasteiger partial charge in [0.05, 0.1) is 23.8 Å². The molecule has 0 aliphatic carbocycles. The van der Waals surface area contributed by atoms with Crippen LogP contribution in [0.1, 0.15) is 38.2 Å². The molecule has 3 heterocycles. The molecule has 2 fully saturated rings. The zero-order chi connectivity index (χ0) is 18.9. The van der Waals surface area contributed by atoms with Crippen LogP contribution in [-0.2, 0) is 20.8 Å². The number of fused-ring (bicyclic) bond motifs is 1. The first-order valence-corrected chi connectivity index (χ1v) is 9.73. The number of aromatic nitrogens is 1. The number of oxime groups is 1. The van der Waals surface area contributed by atoms with Crippen LogP contribution in [0.4, 0.5) is 0 Å². The fourth-order valence-corrected chi connectivity index (χ4v) is 4.12. The average Bonchev–Trinajstić information content (AvgIpc) is 3.22. The van der Waals surface area contributed by atoms with Gasteiger partial charge in [0.2, 0.25) is 0 Å². The number of benzene rings is 1. The van der Waals surface area contributed by atoms with E-state index >= 15 is 0 Å². The highest BCUT2D eigenvalue weighted by Gasteiger charge is 2.44. The molecule has 2 saturated heterocycles. The van der Waals surface area contributed by atoms with Crippen molar-refractivity contribution in [1.82, 2.24) is 9.88 Å². The number of ether oxygens (including phenoxy) is 1. The molecule has 2 aromatic rings. The number of para-hydroxylation sites is 1. The number of piperidine rings is 1. The molecule has 6 heteroatoms. The van der Waals surface area contributed by atoms with Gasteiger partial charge in [-0.1, -0.05) is 23.4 Å². The molecule has 27 heavy (non-hydrogen) atoms. The fraction of sp³-hybridized carbons (Fsp3) is 0.524. The Hall–Kier alpha value is -2.18. The van der Waals surface area contributed by atoms with Crippen molar-refractivity contribution in [2.24, 2.45) is 5.16 Å². The molecule has 6 nitrogen and oxygen atoms in total. The first-order valence-electron chi connectivity index (χ1n) is 9.73. The lowest BCUT2D eigenvalue weighted by Gasteiger charge is -2.36. The third kappa shape index (κ3) is 3.92. The summed E-state index contributed by atoms with van der Waals surface area (Å²) in [5.41, 5.74) is 2.93. The summed E-state index contributed by atoms with van der Waals surface area (Å²) in [6.45, 7) is 4.06. The number of carbonyl (C=O) groups excluding carboxylic acids is 1. The maximum Gasteiger partial charge on any atom is 0.335 e. The molecule has 1 spiro atoms. The van der Waals surface area contributed by atoms with Crippen molar-refractivity contribution in [2.45, 2.75) is 50.7 Å². The molecule has 1 aromatic carbocycles. The Morgan fingerprint density at radius 2 is 2.15 bits per heavy atom. The van der Waals surface area contributed by atoms with Gasteiger partial charge in [0.25, 0.3) is 0 Å². The van der Waals surface area contributed by atoms with E-state index in [0.717, 1.165) is 54.5 Å². The number of carbonyl (C=O) groups is 1. The van der Waals surface area contributed by atoms with Crippen molar-refractivity contribution in [3.63, 3.8) is 0 Å². The Labute approximate surface area is 159 Å². The van der Waals surface area contributed by atoms with Crippen molar-refractivity contribution < 1.29 is 14.4 Å². The lowest BCUT2D eigenvalue weighted by molar-refractivity contribution is -0.143.